The second-order valence-electron chi connectivity index (χ2n) is 5.09. The number of hydrogen-bond donors (Lipinski definition) is 1. The Bertz CT molecular complexity index is 743. The molecule has 0 heterocycles. The summed E-state index contributed by atoms with van der Waals surface area (Å²) in [6, 6.07) is 13.5. The maximum atomic E-state index is 12.6. The number of anilines is 1. The van der Waals surface area contributed by atoms with Crippen molar-refractivity contribution in [3.8, 4) is 0 Å². The Balaban J connectivity index is 1.96. The fraction of sp³-hybridized carbons (Fsp3) is 0.250. The highest BCUT2D eigenvalue weighted by Gasteiger charge is 2.30. The van der Waals surface area contributed by atoms with Crippen LogP contribution in [-0.4, -0.2) is 14.2 Å². The lowest BCUT2D eigenvalue weighted by Crippen LogP contribution is -2.17. The van der Waals surface area contributed by atoms with Crippen LogP contribution in [0.3, 0.4) is 0 Å². The number of aryl methyl sites for hydroxylation is 1. The average Bonchev–Trinajstić information content (AvgIpc) is 2.47. The molecule has 0 fully saturated rings. The van der Waals surface area contributed by atoms with Crippen molar-refractivity contribution in [2.75, 3.05) is 10.5 Å². The lowest BCUT2D eigenvalue weighted by molar-refractivity contribution is -0.137. The van der Waals surface area contributed by atoms with Gasteiger partial charge in [0.2, 0.25) is 10.0 Å². The van der Waals surface area contributed by atoms with E-state index in [0.717, 1.165) is 17.7 Å². The van der Waals surface area contributed by atoms with Crippen LogP contribution in [0.1, 0.15) is 17.5 Å². The molecule has 2 aromatic carbocycles. The number of nitrogens with one attached hydrogen (secondary N) is 1. The summed E-state index contributed by atoms with van der Waals surface area (Å²) in [4.78, 5) is 0. The van der Waals surface area contributed by atoms with E-state index in [1.165, 1.54) is 12.1 Å². The predicted molar refractivity (Wildman–Crippen MR) is 83.6 cm³/mol. The molecule has 1 N–H and O–H groups in total. The first-order chi connectivity index (χ1) is 10.8. The summed E-state index contributed by atoms with van der Waals surface area (Å²) in [7, 11) is -3.68. The lowest BCUT2D eigenvalue weighted by atomic mass is 10.1. The van der Waals surface area contributed by atoms with E-state index in [0.29, 0.717) is 12.8 Å². The van der Waals surface area contributed by atoms with E-state index in [9.17, 15) is 21.6 Å². The van der Waals surface area contributed by atoms with Crippen LogP contribution < -0.4 is 4.72 Å². The third-order valence-corrected chi connectivity index (χ3v) is 4.56. The van der Waals surface area contributed by atoms with E-state index in [1.807, 2.05) is 30.3 Å². The van der Waals surface area contributed by atoms with Gasteiger partial charge >= 0.3 is 6.18 Å². The molecule has 0 aromatic heterocycles. The van der Waals surface area contributed by atoms with Gasteiger partial charge in [-0.3, -0.25) is 4.72 Å². The van der Waals surface area contributed by atoms with Crippen molar-refractivity contribution in [1.82, 2.24) is 0 Å². The van der Waals surface area contributed by atoms with Crippen LogP contribution in [0.15, 0.2) is 54.6 Å². The SMILES string of the molecule is O=S(=O)(CCCc1ccccc1)Nc1cccc(C(F)(F)F)c1. The van der Waals surface area contributed by atoms with Crippen molar-refractivity contribution in [3.05, 3.63) is 65.7 Å². The fourth-order valence-corrected chi connectivity index (χ4v) is 3.21. The molecule has 0 aliphatic carbocycles. The van der Waals surface area contributed by atoms with Gasteiger partial charge in [0.15, 0.2) is 0 Å². The van der Waals surface area contributed by atoms with E-state index in [1.54, 1.807) is 0 Å². The molecule has 0 unspecified atom stereocenters. The first-order valence-corrected chi connectivity index (χ1v) is 8.63. The molecule has 124 valence electrons. The molecule has 0 saturated carbocycles. The summed E-state index contributed by atoms with van der Waals surface area (Å²) in [5.41, 5.74) is 0.0447. The highest BCUT2D eigenvalue weighted by Crippen LogP contribution is 2.30. The Hall–Kier alpha value is -2.02. The van der Waals surface area contributed by atoms with E-state index in [4.69, 9.17) is 0 Å². The quantitative estimate of drug-likeness (QED) is 0.859. The molecule has 0 aliphatic rings. The highest BCUT2D eigenvalue weighted by molar-refractivity contribution is 7.92. The van der Waals surface area contributed by atoms with Gasteiger partial charge < -0.3 is 0 Å². The van der Waals surface area contributed by atoms with Crippen molar-refractivity contribution < 1.29 is 21.6 Å². The van der Waals surface area contributed by atoms with Crippen molar-refractivity contribution in [2.24, 2.45) is 0 Å². The number of rotatable bonds is 6. The van der Waals surface area contributed by atoms with Crippen LogP contribution in [0.2, 0.25) is 0 Å². The minimum atomic E-state index is -4.51. The van der Waals surface area contributed by atoms with E-state index in [-0.39, 0.29) is 11.4 Å². The third-order valence-electron chi connectivity index (χ3n) is 3.18. The Morgan fingerprint density at radius 2 is 1.65 bits per heavy atom. The zero-order valence-corrected chi connectivity index (χ0v) is 13.0. The summed E-state index contributed by atoms with van der Waals surface area (Å²) in [6.07, 6.45) is -3.53. The Morgan fingerprint density at radius 3 is 2.30 bits per heavy atom. The number of sulfonamides is 1. The van der Waals surface area contributed by atoms with E-state index in [2.05, 4.69) is 4.72 Å². The molecule has 0 saturated heterocycles. The smallest absolute Gasteiger partial charge is 0.284 e. The molecule has 2 aromatic rings. The maximum absolute atomic E-state index is 12.6. The normalized spacial score (nSPS) is 12.1. The molecular formula is C16H16F3NO2S. The second-order valence-corrected chi connectivity index (χ2v) is 6.93. The van der Waals surface area contributed by atoms with Crippen molar-refractivity contribution in [2.45, 2.75) is 19.0 Å². The monoisotopic (exact) mass is 343 g/mol. The topological polar surface area (TPSA) is 46.2 Å². The van der Waals surface area contributed by atoms with Gasteiger partial charge in [-0.25, -0.2) is 8.42 Å². The first kappa shape index (κ1) is 17.3. The summed E-state index contributed by atoms with van der Waals surface area (Å²) in [6.45, 7) is 0. The zero-order chi connectivity index (χ0) is 16.9. The Labute approximate surface area is 133 Å². The van der Waals surface area contributed by atoms with Crippen LogP contribution >= 0.6 is 0 Å². The summed E-state index contributed by atoms with van der Waals surface area (Å²) >= 11 is 0. The van der Waals surface area contributed by atoms with Crippen LogP contribution in [0.4, 0.5) is 18.9 Å². The molecule has 2 rings (SSSR count). The van der Waals surface area contributed by atoms with Crippen LogP contribution in [-0.2, 0) is 22.6 Å². The number of halogens is 3. The molecule has 3 nitrogen and oxygen atoms in total. The molecule has 0 bridgehead atoms. The van der Waals surface area contributed by atoms with Gasteiger partial charge in [0.05, 0.1) is 11.3 Å². The minimum Gasteiger partial charge on any atom is -0.284 e. The lowest BCUT2D eigenvalue weighted by Gasteiger charge is -2.11. The summed E-state index contributed by atoms with van der Waals surface area (Å²) < 4.78 is 63.9. The van der Waals surface area contributed by atoms with Gasteiger partial charge in [0, 0.05) is 5.69 Å². The molecule has 0 atom stereocenters. The Kier molecular flexibility index (Phi) is 5.30. The summed E-state index contributed by atoms with van der Waals surface area (Å²) in [5.74, 6) is -0.155. The Morgan fingerprint density at radius 1 is 0.957 bits per heavy atom. The highest BCUT2D eigenvalue weighted by atomic mass is 32.2. The molecule has 23 heavy (non-hydrogen) atoms. The number of alkyl halides is 3. The largest absolute Gasteiger partial charge is 0.416 e. The van der Waals surface area contributed by atoms with Gasteiger partial charge in [0.25, 0.3) is 0 Å². The second kappa shape index (κ2) is 7.04. The van der Waals surface area contributed by atoms with E-state index < -0.39 is 21.8 Å². The van der Waals surface area contributed by atoms with Crippen LogP contribution in [0, 0.1) is 0 Å². The predicted octanol–water partition coefficient (Wildman–Crippen LogP) is 4.08. The van der Waals surface area contributed by atoms with Gasteiger partial charge in [-0.2, -0.15) is 13.2 Å². The summed E-state index contributed by atoms with van der Waals surface area (Å²) in [5, 5.41) is 0. The molecule has 7 heteroatoms. The minimum absolute atomic E-state index is 0.0838. The maximum Gasteiger partial charge on any atom is 0.416 e. The van der Waals surface area contributed by atoms with Gasteiger partial charge in [-0.15, -0.1) is 0 Å². The third kappa shape index (κ3) is 5.59. The van der Waals surface area contributed by atoms with Crippen molar-refractivity contribution >= 4 is 15.7 Å². The van der Waals surface area contributed by atoms with Crippen molar-refractivity contribution in [1.29, 1.82) is 0 Å². The van der Waals surface area contributed by atoms with E-state index >= 15 is 0 Å². The number of hydrogen-bond acceptors (Lipinski definition) is 2. The van der Waals surface area contributed by atoms with Gasteiger partial charge in [-0.1, -0.05) is 36.4 Å². The van der Waals surface area contributed by atoms with Crippen molar-refractivity contribution in [3.63, 3.8) is 0 Å². The fourth-order valence-electron chi connectivity index (χ4n) is 2.10. The van der Waals surface area contributed by atoms with Gasteiger partial charge in [0.1, 0.15) is 0 Å². The molecule has 0 radical (unpaired) electrons. The standard InChI is InChI=1S/C16H16F3NO2S/c17-16(18,19)14-9-4-10-15(12-14)20-23(21,22)11-5-8-13-6-2-1-3-7-13/h1-4,6-7,9-10,12,20H,5,8,11H2. The van der Waals surface area contributed by atoms with Crippen LogP contribution in [0.5, 0.6) is 0 Å². The van der Waals surface area contributed by atoms with Gasteiger partial charge in [-0.05, 0) is 36.6 Å². The molecule has 0 spiro atoms. The number of benzene rings is 2. The molecule has 0 amide bonds. The first-order valence-electron chi connectivity index (χ1n) is 6.98. The van der Waals surface area contributed by atoms with Crippen LogP contribution in [0.25, 0.3) is 0 Å². The molecule has 0 aliphatic heterocycles. The molecular weight excluding hydrogens is 327 g/mol. The zero-order valence-electron chi connectivity index (χ0n) is 12.2. The average molecular weight is 343 g/mol.